The Morgan fingerprint density at radius 1 is 1.04 bits per heavy atom. The number of amides is 3. The lowest BCUT2D eigenvalue weighted by atomic mass is 10.00. The number of nitrogens with zero attached hydrogens (tertiary/aromatic N) is 1. The van der Waals surface area contributed by atoms with Crippen LogP contribution in [0.4, 0.5) is 13.2 Å². The highest BCUT2D eigenvalue weighted by Crippen LogP contribution is 2.30. The lowest BCUT2D eigenvalue weighted by Gasteiger charge is -2.27. The third-order valence-electron chi connectivity index (χ3n) is 6.97. The normalized spacial score (nSPS) is 22.8. The van der Waals surface area contributed by atoms with Crippen molar-refractivity contribution >= 4 is 37.6 Å². The van der Waals surface area contributed by atoms with Gasteiger partial charge in [0.15, 0.2) is 5.96 Å². The minimum Gasteiger partial charge on any atom is -0.492 e. The van der Waals surface area contributed by atoms with Crippen molar-refractivity contribution in [2.75, 3.05) is 26.2 Å². The molecule has 45 heavy (non-hydrogen) atoms. The number of para-hydroxylation sites is 1. The predicted octanol–water partition coefficient (Wildman–Crippen LogP) is 1.21. The molecule has 3 amide bonds. The van der Waals surface area contributed by atoms with Crippen LogP contribution in [0.2, 0.25) is 0 Å². The van der Waals surface area contributed by atoms with Gasteiger partial charge in [0.1, 0.15) is 30.2 Å². The highest BCUT2D eigenvalue weighted by Gasteiger charge is 2.33. The van der Waals surface area contributed by atoms with Crippen molar-refractivity contribution in [3.63, 3.8) is 0 Å². The fourth-order valence-electron chi connectivity index (χ4n) is 4.61. The van der Waals surface area contributed by atoms with Gasteiger partial charge in [0.2, 0.25) is 17.7 Å². The number of halogens is 3. The van der Waals surface area contributed by atoms with Gasteiger partial charge in [-0.3, -0.25) is 24.7 Å². The van der Waals surface area contributed by atoms with Crippen LogP contribution in [-0.4, -0.2) is 67.8 Å². The molecule has 0 bridgehead atoms. The molecule has 0 saturated carbocycles. The summed E-state index contributed by atoms with van der Waals surface area (Å²) in [6, 6.07) is 10.00. The van der Waals surface area contributed by atoms with Crippen LogP contribution < -0.4 is 42.8 Å². The van der Waals surface area contributed by atoms with Crippen molar-refractivity contribution < 1.29 is 32.3 Å². The number of ether oxygens (including phenoxy) is 1. The maximum absolute atomic E-state index is 13.6. The summed E-state index contributed by atoms with van der Waals surface area (Å²) in [4.78, 5) is 44.1. The molecule has 3 rings (SSSR count). The lowest BCUT2D eigenvalue weighted by Crippen LogP contribution is -2.58. The Hall–Kier alpha value is -3.90. The van der Waals surface area contributed by atoms with Crippen molar-refractivity contribution in [2.24, 2.45) is 28.3 Å². The van der Waals surface area contributed by atoms with Gasteiger partial charge in [-0.15, -0.1) is 0 Å². The zero-order valence-corrected chi connectivity index (χ0v) is 26.4. The molecule has 2 aromatic carbocycles. The molecule has 5 atom stereocenters. The molecule has 0 saturated heterocycles. The van der Waals surface area contributed by atoms with Crippen LogP contribution in [0.15, 0.2) is 53.5 Å². The van der Waals surface area contributed by atoms with Crippen molar-refractivity contribution in [1.82, 2.24) is 21.3 Å². The van der Waals surface area contributed by atoms with Crippen LogP contribution >= 0.6 is 8.58 Å². The van der Waals surface area contributed by atoms with Crippen LogP contribution in [0.1, 0.15) is 31.9 Å². The molecule has 1 heterocycles. The second-order valence-electron chi connectivity index (χ2n) is 11.2. The molecule has 0 aliphatic carbocycles. The highest BCUT2D eigenvalue weighted by molar-refractivity contribution is 7.49. The van der Waals surface area contributed by atoms with E-state index in [1.54, 1.807) is 13.8 Å². The first-order chi connectivity index (χ1) is 21.2. The predicted molar refractivity (Wildman–Crippen MR) is 168 cm³/mol. The molecule has 1 unspecified atom stereocenters. The molecule has 1 aliphatic rings. The molecule has 2 aromatic rings. The number of guanidine groups is 1. The van der Waals surface area contributed by atoms with Crippen LogP contribution in [0.25, 0.3) is 0 Å². The zero-order chi connectivity index (χ0) is 33.1. The van der Waals surface area contributed by atoms with Crippen molar-refractivity contribution in [1.29, 1.82) is 0 Å². The topological polar surface area (TPSA) is 173 Å². The maximum Gasteiger partial charge on any atom is 0.416 e. The third kappa shape index (κ3) is 11.2. The Labute approximate surface area is 262 Å². The van der Waals surface area contributed by atoms with E-state index in [9.17, 15) is 27.6 Å². The molecule has 0 fully saturated rings. The van der Waals surface area contributed by atoms with E-state index < -0.39 is 61.8 Å². The molecule has 246 valence electrons. The first-order valence-corrected chi connectivity index (χ1v) is 15.6. The molecule has 1 aliphatic heterocycles. The number of carbonyl (C=O) groups is 3. The SMILES string of the molecule is CC(C)[C@H]1NC(=O)[C@@H](Pc2cccc(C(F)(F)F)c2)NCCOc2ccccc2C[C@H](C)CNC(=O)[C@H](CN=C(N)N)NC1=O. The zero-order valence-electron chi connectivity index (χ0n) is 25.4. The minimum atomic E-state index is -4.55. The Kier molecular flexibility index (Phi) is 13.0. The van der Waals surface area contributed by atoms with E-state index in [-0.39, 0.29) is 31.6 Å². The molecule has 0 aromatic heterocycles. The highest BCUT2D eigenvalue weighted by atomic mass is 31.1. The van der Waals surface area contributed by atoms with Gasteiger partial charge in [-0.05, 0) is 47.3 Å². The second-order valence-corrected chi connectivity index (χ2v) is 12.6. The Bertz CT molecular complexity index is 1350. The number of nitrogens with one attached hydrogen (secondary N) is 4. The molecule has 0 radical (unpaired) electrons. The minimum absolute atomic E-state index is 0.00381. The van der Waals surface area contributed by atoms with E-state index in [1.165, 1.54) is 12.1 Å². The number of hydrogen-bond acceptors (Lipinski definition) is 6. The van der Waals surface area contributed by atoms with Crippen LogP contribution in [0.5, 0.6) is 5.75 Å². The van der Waals surface area contributed by atoms with E-state index in [1.807, 2.05) is 31.2 Å². The summed E-state index contributed by atoms with van der Waals surface area (Å²) in [5, 5.41) is 11.6. The summed E-state index contributed by atoms with van der Waals surface area (Å²) >= 11 is 0. The Balaban J connectivity index is 1.94. The summed E-state index contributed by atoms with van der Waals surface area (Å²) < 4.78 is 46.2. The van der Waals surface area contributed by atoms with E-state index in [0.717, 1.165) is 17.7 Å². The quantitative estimate of drug-likeness (QED) is 0.160. The number of hydrogen-bond donors (Lipinski definition) is 6. The van der Waals surface area contributed by atoms with Crippen molar-refractivity contribution in [3.05, 3.63) is 59.7 Å². The van der Waals surface area contributed by atoms with Gasteiger partial charge in [0, 0.05) is 13.1 Å². The smallest absolute Gasteiger partial charge is 0.416 e. The third-order valence-corrected chi connectivity index (χ3v) is 8.37. The number of alkyl halides is 3. The van der Waals surface area contributed by atoms with Gasteiger partial charge in [0.25, 0.3) is 0 Å². The standard InChI is InChI=1S/C30H41F3N7O4P/c1-17(2)24-26(42)39-22(16-38-29(34)35)25(41)37-15-18(3)13-19-7-4-5-10-23(19)44-12-11-36-28(27(43)40-24)45-21-9-6-8-20(14-21)30(31,32)33/h4-10,14,17-18,22,24,28,36,45H,11-13,15-16H2,1-3H3,(H,37,41)(H,39,42)(H,40,43)(H4,34,35,38)/t18-,22-,24+,28+/m0/s1. The van der Waals surface area contributed by atoms with E-state index >= 15 is 0 Å². The fourth-order valence-corrected chi connectivity index (χ4v) is 5.83. The van der Waals surface area contributed by atoms with E-state index in [0.29, 0.717) is 24.0 Å². The maximum atomic E-state index is 13.6. The molecular weight excluding hydrogens is 610 g/mol. The molecular formula is C30H41F3N7O4P. The van der Waals surface area contributed by atoms with Gasteiger partial charge in [-0.25, -0.2) is 0 Å². The number of aliphatic imine (C=N–C) groups is 1. The van der Waals surface area contributed by atoms with Crippen LogP contribution in [0.3, 0.4) is 0 Å². The van der Waals surface area contributed by atoms with Gasteiger partial charge in [-0.2, -0.15) is 13.2 Å². The Morgan fingerprint density at radius 3 is 2.47 bits per heavy atom. The monoisotopic (exact) mass is 651 g/mol. The van der Waals surface area contributed by atoms with Crippen LogP contribution in [0, 0.1) is 11.8 Å². The average molecular weight is 652 g/mol. The van der Waals surface area contributed by atoms with Crippen LogP contribution in [-0.2, 0) is 27.0 Å². The van der Waals surface area contributed by atoms with Gasteiger partial charge >= 0.3 is 6.18 Å². The Morgan fingerprint density at radius 2 is 1.78 bits per heavy atom. The number of benzene rings is 2. The fraction of sp³-hybridized carbons (Fsp3) is 0.467. The first-order valence-electron chi connectivity index (χ1n) is 14.6. The first kappa shape index (κ1) is 35.6. The van der Waals surface area contributed by atoms with Crippen molar-refractivity contribution in [2.45, 2.75) is 51.2 Å². The molecule has 11 nitrogen and oxygen atoms in total. The lowest BCUT2D eigenvalue weighted by molar-refractivity contribution is -0.137. The number of fused-ring (bicyclic) bond motifs is 1. The molecule has 15 heteroatoms. The van der Waals surface area contributed by atoms with E-state index in [2.05, 4.69) is 26.3 Å². The number of carbonyl (C=O) groups excluding carboxylic acids is 3. The molecule has 8 N–H and O–H groups in total. The average Bonchev–Trinajstić information content (AvgIpc) is 2.97. The van der Waals surface area contributed by atoms with Gasteiger partial charge in [-0.1, -0.05) is 59.7 Å². The van der Waals surface area contributed by atoms with E-state index in [4.69, 9.17) is 16.2 Å². The summed E-state index contributed by atoms with van der Waals surface area (Å²) in [7, 11) is -0.412. The summed E-state index contributed by atoms with van der Waals surface area (Å²) in [5.74, 6) is -2.78. The summed E-state index contributed by atoms with van der Waals surface area (Å²) in [5.41, 5.74) is 11.0. The largest absolute Gasteiger partial charge is 0.492 e. The van der Waals surface area contributed by atoms with Gasteiger partial charge in [0.05, 0.1) is 12.1 Å². The second kappa shape index (κ2) is 16.4. The summed E-state index contributed by atoms with van der Waals surface area (Å²) in [6.45, 7) is 5.82. The number of rotatable bonds is 5. The van der Waals surface area contributed by atoms with Crippen molar-refractivity contribution in [3.8, 4) is 5.75 Å². The van der Waals surface area contributed by atoms with Gasteiger partial charge < -0.3 is 32.2 Å². The number of nitrogens with two attached hydrogens (primary N) is 2. The summed E-state index contributed by atoms with van der Waals surface area (Å²) in [6.07, 6.45) is -3.97. The molecule has 0 spiro atoms.